The molecule has 0 aromatic heterocycles. The zero-order chi connectivity index (χ0) is 23.3. The molecule has 1 saturated heterocycles. The zero-order valence-corrected chi connectivity index (χ0v) is 17.2. The average Bonchev–Trinajstić information content (AvgIpc) is 3.05. The molecule has 1 heterocycles. The van der Waals surface area contributed by atoms with Crippen LogP contribution in [0, 0.1) is 10.1 Å². The van der Waals surface area contributed by atoms with Crippen LogP contribution in [0.1, 0.15) is 33.6 Å². The number of hydrogen-bond acceptors (Lipinski definition) is 7. The minimum atomic E-state index is -1.05. The number of hydrogen-bond donors (Lipinski definition) is 3. The second kappa shape index (κ2) is 9.78. The van der Waals surface area contributed by atoms with E-state index in [9.17, 15) is 34.1 Å². The number of non-ortho nitro benzene ring substituents is 1. The van der Waals surface area contributed by atoms with Crippen LogP contribution in [0.15, 0.2) is 24.3 Å². The number of carbonyl (C=O) groups excluding carboxylic acids is 5. The number of likely N-dealkylation sites (tertiary alicyclic amines) is 1. The first-order valence-corrected chi connectivity index (χ1v) is 9.52. The molecule has 3 N–H and O–H groups in total. The van der Waals surface area contributed by atoms with Gasteiger partial charge in [0.15, 0.2) is 0 Å². The average molecular weight is 433 g/mol. The number of benzene rings is 1. The normalized spacial score (nSPS) is 16.3. The summed E-state index contributed by atoms with van der Waals surface area (Å²) >= 11 is 0. The summed E-state index contributed by atoms with van der Waals surface area (Å²) in [6, 6.07) is 2.12. The minimum absolute atomic E-state index is 0.0495. The molecule has 0 bridgehead atoms. The van der Waals surface area contributed by atoms with Crippen molar-refractivity contribution in [2.24, 2.45) is 0 Å². The van der Waals surface area contributed by atoms with Crippen molar-refractivity contribution in [2.75, 3.05) is 5.32 Å². The lowest BCUT2D eigenvalue weighted by molar-refractivity contribution is -0.384. The molecule has 3 atom stereocenters. The molecule has 12 nitrogen and oxygen atoms in total. The Morgan fingerprint density at radius 3 is 1.90 bits per heavy atom. The summed E-state index contributed by atoms with van der Waals surface area (Å²) in [4.78, 5) is 71.3. The third-order valence-corrected chi connectivity index (χ3v) is 4.71. The van der Waals surface area contributed by atoms with Gasteiger partial charge >= 0.3 is 0 Å². The smallest absolute Gasteiger partial charge is 0.269 e. The molecule has 5 amide bonds. The molecule has 1 aromatic carbocycles. The summed E-state index contributed by atoms with van der Waals surface area (Å²) in [6.07, 6.45) is 0.0990. The van der Waals surface area contributed by atoms with Gasteiger partial charge in [0, 0.05) is 30.7 Å². The fourth-order valence-corrected chi connectivity index (χ4v) is 2.86. The van der Waals surface area contributed by atoms with E-state index in [1.165, 1.54) is 45.0 Å². The third kappa shape index (κ3) is 5.84. The van der Waals surface area contributed by atoms with Gasteiger partial charge in [-0.2, -0.15) is 0 Å². The molecule has 0 unspecified atom stereocenters. The number of amides is 5. The first kappa shape index (κ1) is 23.4. The number of nitrogens with zero attached hydrogens (tertiary/aromatic N) is 2. The van der Waals surface area contributed by atoms with E-state index in [1.54, 1.807) is 0 Å². The SMILES string of the molecule is C[C@H](NC(=O)[C@H](C)NC(=O)[C@H](C)N1C(=O)CCC1=O)C(=O)Nc1ccc([N+](=O)[O-])cc1. The third-order valence-electron chi connectivity index (χ3n) is 4.71. The Morgan fingerprint density at radius 1 is 0.903 bits per heavy atom. The van der Waals surface area contributed by atoms with E-state index in [-0.39, 0.29) is 18.5 Å². The van der Waals surface area contributed by atoms with Crippen molar-refractivity contribution in [1.29, 1.82) is 0 Å². The predicted molar refractivity (Wildman–Crippen MR) is 107 cm³/mol. The first-order valence-electron chi connectivity index (χ1n) is 9.52. The molecule has 0 aliphatic carbocycles. The Morgan fingerprint density at radius 2 is 1.39 bits per heavy atom. The number of nitro groups is 1. The van der Waals surface area contributed by atoms with Crippen LogP contribution in [0.25, 0.3) is 0 Å². The number of carbonyl (C=O) groups is 5. The van der Waals surface area contributed by atoms with Gasteiger partial charge in [-0.05, 0) is 32.9 Å². The summed E-state index contributed by atoms with van der Waals surface area (Å²) in [5, 5.41) is 18.0. The van der Waals surface area contributed by atoms with E-state index >= 15 is 0 Å². The van der Waals surface area contributed by atoms with Gasteiger partial charge in [-0.25, -0.2) is 0 Å². The van der Waals surface area contributed by atoms with E-state index in [0.29, 0.717) is 5.69 Å². The fourth-order valence-electron chi connectivity index (χ4n) is 2.86. The van der Waals surface area contributed by atoms with Crippen LogP contribution < -0.4 is 16.0 Å². The van der Waals surface area contributed by atoms with Gasteiger partial charge in [0.1, 0.15) is 18.1 Å². The van der Waals surface area contributed by atoms with Gasteiger partial charge < -0.3 is 16.0 Å². The Bertz CT molecular complexity index is 899. The lowest BCUT2D eigenvalue weighted by Crippen LogP contribution is -2.54. The summed E-state index contributed by atoms with van der Waals surface area (Å²) in [6.45, 7) is 4.22. The number of anilines is 1. The van der Waals surface area contributed by atoms with Crippen LogP contribution in [0.4, 0.5) is 11.4 Å². The highest BCUT2D eigenvalue weighted by Gasteiger charge is 2.36. The van der Waals surface area contributed by atoms with Crippen LogP contribution in [-0.4, -0.2) is 57.5 Å². The van der Waals surface area contributed by atoms with Crippen molar-refractivity contribution in [3.63, 3.8) is 0 Å². The molecule has 12 heteroatoms. The molecule has 31 heavy (non-hydrogen) atoms. The van der Waals surface area contributed by atoms with Gasteiger partial charge in [0.2, 0.25) is 29.5 Å². The quantitative estimate of drug-likeness (QED) is 0.296. The first-order chi connectivity index (χ1) is 14.5. The second-order valence-corrected chi connectivity index (χ2v) is 7.09. The second-order valence-electron chi connectivity index (χ2n) is 7.09. The van der Waals surface area contributed by atoms with Crippen LogP contribution in [-0.2, 0) is 24.0 Å². The number of nitro benzene ring substituents is 1. The van der Waals surface area contributed by atoms with Gasteiger partial charge in [0.25, 0.3) is 5.69 Å². The Kier molecular flexibility index (Phi) is 7.40. The Labute approximate surface area is 177 Å². The lowest BCUT2D eigenvalue weighted by atomic mass is 10.2. The molecule has 2 rings (SSSR count). The summed E-state index contributed by atoms with van der Waals surface area (Å²) in [5.74, 6) is -2.77. The molecule has 0 radical (unpaired) electrons. The molecule has 1 fully saturated rings. The fraction of sp³-hybridized carbons (Fsp3) is 0.421. The van der Waals surface area contributed by atoms with Gasteiger partial charge in [-0.1, -0.05) is 0 Å². The van der Waals surface area contributed by atoms with Crippen LogP contribution in [0.2, 0.25) is 0 Å². The van der Waals surface area contributed by atoms with Crippen molar-refractivity contribution in [3.8, 4) is 0 Å². The molecule has 166 valence electrons. The van der Waals surface area contributed by atoms with Crippen molar-refractivity contribution >= 4 is 40.9 Å². The van der Waals surface area contributed by atoms with Gasteiger partial charge in [0.05, 0.1) is 4.92 Å². The van der Waals surface area contributed by atoms with Crippen molar-refractivity contribution in [2.45, 2.75) is 51.7 Å². The molecule has 1 aliphatic rings. The number of imide groups is 1. The van der Waals surface area contributed by atoms with E-state index in [2.05, 4.69) is 16.0 Å². The van der Waals surface area contributed by atoms with E-state index in [0.717, 1.165) is 4.90 Å². The topological polar surface area (TPSA) is 168 Å². The molecular weight excluding hydrogens is 410 g/mol. The summed E-state index contributed by atoms with van der Waals surface area (Å²) in [7, 11) is 0. The van der Waals surface area contributed by atoms with Crippen molar-refractivity contribution in [1.82, 2.24) is 15.5 Å². The minimum Gasteiger partial charge on any atom is -0.343 e. The maximum absolute atomic E-state index is 12.3. The largest absolute Gasteiger partial charge is 0.343 e. The van der Waals surface area contributed by atoms with Crippen LogP contribution in [0.5, 0.6) is 0 Å². The zero-order valence-electron chi connectivity index (χ0n) is 17.2. The molecule has 0 saturated carbocycles. The van der Waals surface area contributed by atoms with Crippen molar-refractivity contribution in [3.05, 3.63) is 34.4 Å². The standard InChI is InChI=1S/C19H23N5O7/c1-10(21-19(29)12(3)23-15(25)8-9-16(23)26)17(27)20-11(2)18(28)22-13-4-6-14(7-5-13)24(30)31/h4-7,10-12H,8-9H2,1-3H3,(H,20,27)(H,21,29)(H,22,28)/t10-,11-,12-/m0/s1. The summed E-state index contributed by atoms with van der Waals surface area (Å²) < 4.78 is 0. The highest BCUT2D eigenvalue weighted by molar-refractivity contribution is 6.06. The molecule has 1 aromatic rings. The monoisotopic (exact) mass is 433 g/mol. The van der Waals surface area contributed by atoms with E-state index in [1.807, 2.05) is 0 Å². The van der Waals surface area contributed by atoms with Gasteiger partial charge in [-0.15, -0.1) is 0 Å². The van der Waals surface area contributed by atoms with E-state index < -0.39 is 52.6 Å². The van der Waals surface area contributed by atoms with E-state index in [4.69, 9.17) is 0 Å². The number of rotatable bonds is 8. The Hall–Kier alpha value is -3.83. The highest BCUT2D eigenvalue weighted by atomic mass is 16.6. The maximum atomic E-state index is 12.3. The number of nitrogens with one attached hydrogen (secondary N) is 3. The molecular formula is C19H23N5O7. The van der Waals surface area contributed by atoms with Crippen LogP contribution in [0.3, 0.4) is 0 Å². The molecule has 1 aliphatic heterocycles. The summed E-state index contributed by atoms with van der Waals surface area (Å²) in [5.41, 5.74) is 0.183. The van der Waals surface area contributed by atoms with Crippen molar-refractivity contribution < 1.29 is 28.9 Å². The molecule has 0 spiro atoms. The predicted octanol–water partition coefficient (Wildman–Crippen LogP) is 0.0802. The Balaban J connectivity index is 1.87. The van der Waals surface area contributed by atoms with Gasteiger partial charge in [-0.3, -0.25) is 39.0 Å². The lowest BCUT2D eigenvalue weighted by Gasteiger charge is -2.24. The maximum Gasteiger partial charge on any atom is 0.269 e. The van der Waals surface area contributed by atoms with Crippen LogP contribution >= 0.6 is 0 Å². The highest BCUT2D eigenvalue weighted by Crippen LogP contribution is 2.16.